The molecule has 120 valence electrons. The maximum absolute atomic E-state index is 11.0. The molecule has 0 bridgehead atoms. The van der Waals surface area contributed by atoms with Crippen molar-refractivity contribution in [3.63, 3.8) is 0 Å². The first-order valence-electron chi connectivity index (χ1n) is 7.02. The molecule has 7 heteroatoms. The number of aromatic nitrogens is 1. The van der Waals surface area contributed by atoms with Crippen molar-refractivity contribution in [1.82, 2.24) is 4.98 Å². The molecule has 1 aromatic carbocycles. The van der Waals surface area contributed by atoms with Crippen molar-refractivity contribution in [2.24, 2.45) is 0 Å². The summed E-state index contributed by atoms with van der Waals surface area (Å²) in [7, 11) is 0. The second kappa shape index (κ2) is 5.81. The second-order valence-electron chi connectivity index (χ2n) is 5.16. The largest absolute Gasteiger partial charge is 0.550 e. The molecule has 4 aromatic rings. The van der Waals surface area contributed by atoms with Crippen LogP contribution in [0.3, 0.4) is 0 Å². The smallest absolute Gasteiger partial charge is 0.227 e. The fraction of sp³-hybridized carbons (Fsp3) is 0.0588. The number of rotatable bonds is 4. The molecule has 5 nitrogen and oxygen atoms in total. The Bertz CT molecular complexity index is 1050. The Morgan fingerprint density at radius 3 is 2.88 bits per heavy atom. The number of hydrogen-bond acceptors (Lipinski definition) is 6. The van der Waals surface area contributed by atoms with Gasteiger partial charge < -0.3 is 18.7 Å². The van der Waals surface area contributed by atoms with Crippen molar-refractivity contribution in [3.8, 4) is 22.8 Å². The van der Waals surface area contributed by atoms with E-state index in [4.69, 9.17) is 20.4 Å². The fourth-order valence-electron chi connectivity index (χ4n) is 2.49. The molecule has 0 fully saturated rings. The lowest BCUT2D eigenvalue weighted by Crippen LogP contribution is -2.24. The van der Waals surface area contributed by atoms with E-state index in [0.717, 1.165) is 16.5 Å². The lowest BCUT2D eigenvalue weighted by atomic mass is 10.1. The van der Waals surface area contributed by atoms with Gasteiger partial charge in [-0.05, 0) is 30.3 Å². The molecule has 0 radical (unpaired) electrons. The predicted molar refractivity (Wildman–Crippen MR) is 88.7 cm³/mol. The number of carbonyl (C=O) groups excluding carboxylic acids is 1. The molecule has 0 aliphatic carbocycles. The number of nitrogens with zero attached hydrogens (tertiary/aromatic N) is 1. The van der Waals surface area contributed by atoms with E-state index in [0.29, 0.717) is 27.2 Å². The molecule has 0 saturated carbocycles. The Labute approximate surface area is 145 Å². The van der Waals surface area contributed by atoms with Gasteiger partial charge in [-0.3, -0.25) is 0 Å². The number of halogens is 1. The van der Waals surface area contributed by atoms with E-state index >= 15 is 0 Å². The number of hydrogen-bond donors (Lipinski definition) is 0. The zero-order valence-electron chi connectivity index (χ0n) is 12.1. The minimum atomic E-state index is -1.22. The van der Waals surface area contributed by atoms with Crippen LogP contribution in [-0.2, 0) is 11.2 Å². The topological polar surface area (TPSA) is 79.3 Å². The summed E-state index contributed by atoms with van der Waals surface area (Å²) >= 11 is 7.30. The molecular weight excluding hydrogens is 350 g/mol. The molecule has 0 aliphatic rings. The third-order valence-corrected chi connectivity index (χ3v) is 4.63. The van der Waals surface area contributed by atoms with Crippen LogP contribution in [0.1, 0.15) is 5.69 Å². The van der Waals surface area contributed by atoms with Gasteiger partial charge in [0.2, 0.25) is 5.89 Å². The Morgan fingerprint density at radius 1 is 1.25 bits per heavy atom. The minimum Gasteiger partial charge on any atom is -0.550 e. The van der Waals surface area contributed by atoms with Crippen molar-refractivity contribution >= 4 is 39.9 Å². The van der Waals surface area contributed by atoms with E-state index in [1.54, 1.807) is 17.7 Å². The van der Waals surface area contributed by atoms with E-state index in [2.05, 4.69) is 4.98 Å². The maximum Gasteiger partial charge on any atom is 0.227 e. The minimum absolute atomic E-state index is 0.312. The highest BCUT2D eigenvalue weighted by Crippen LogP contribution is 2.35. The summed E-state index contributed by atoms with van der Waals surface area (Å²) in [6.07, 6.45) is 1.27. The van der Waals surface area contributed by atoms with Crippen molar-refractivity contribution in [2.45, 2.75) is 6.42 Å². The molecule has 0 aliphatic heterocycles. The van der Waals surface area contributed by atoms with Gasteiger partial charge >= 0.3 is 0 Å². The first-order valence-corrected chi connectivity index (χ1v) is 8.27. The van der Waals surface area contributed by atoms with Crippen LogP contribution in [0, 0.1) is 0 Å². The molecule has 0 saturated heterocycles. The third kappa shape index (κ3) is 2.70. The van der Waals surface area contributed by atoms with Crippen LogP contribution in [-0.4, -0.2) is 11.0 Å². The molecule has 0 spiro atoms. The summed E-state index contributed by atoms with van der Waals surface area (Å²) in [5.74, 6) is -0.487. The molecule has 0 N–H and O–H groups in total. The van der Waals surface area contributed by atoms with Gasteiger partial charge in [-0.2, -0.15) is 0 Å². The summed E-state index contributed by atoms with van der Waals surface area (Å²) in [6, 6.07) is 9.05. The molecule has 0 unspecified atom stereocenters. The number of aliphatic carboxylic acids is 1. The summed E-state index contributed by atoms with van der Waals surface area (Å²) in [5.41, 5.74) is 2.50. The van der Waals surface area contributed by atoms with Crippen molar-refractivity contribution < 1.29 is 18.7 Å². The van der Waals surface area contributed by atoms with Gasteiger partial charge in [0.05, 0.1) is 16.3 Å². The van der Waals surface area contributed by atoms with Crippen molar-refractivity contribution in [3.05, 3.63) is 52.0 Å². The van der Waals surface area contributed by atoms with Gasteiger partial charge in [0.15, 0.2) is 5.76 Å². The van der Waals surface area contributed by atoms with Crippen LogP contribution in [0.25, 0.3) is 33.7 Å². The average molecular weight is 359 g/mol. The number of thiophene rings is 1. The van der Waals surface area contributed by atoms with Crippen LogP contribution in [0.4, 0.5) is 0 Å². The summed E-state index contributed by atoms with van der Waals surface area (Å²) in [4.78, 5) is 15.4. The monoisotopic (exact) mass is 358 g/mol. The lowest BCUT2D eigenvalue weighted by molar-refractivity contribution is -0.304. The summed E-state index contributed by atoms with van der Waals surface area (Å²) in [6.45, 7) is 0. The molecule has 3 heterocycles. The Balaban J connectivity index is 1.83. The van der Waals surface area contributed by atoms with E-state index < -0.39 is 5.97 Å². The quantitative estimate of drug-likeness (QED) is 0.555. The zero-order chi connectivity index (χ0) is 16.7. The number of fused-ring (bicyclic) bond motifs is 1. The number of carboxylic acids is 1. The molecule has 0 atom stereocenters. The molecule has 3 aromatic heterocycles. The standard InChI is InChI=1S/C17H10ClNO4S/c18-14-6-11(8-24-14)16-12(7-15(20)21)19-17(23-16)10-1-2-13-9(5-10)3-4-22-13/h1-6,8H,7H2,(H,20,21)/p-1. The Morgan fingerprint density at radius 2 is 2.12 bits per heavy atom. The molecule has 24 heavy (non-hydrogen) atoms. The first kappa shape index (κ1) is 15.0. The van der Waals surface area contributed by atoms with Gasteiger partial charge in [-0.25, -0.2) is 4.98 Å². The Kier molecular flexibility index (Phi) is 3.63. The first-order chi connectivity index (χ1) is 11.6. The highest BCUT2D eigenvalue weighted by atomic mass is 35.5. The highest BCUT2D eigenvalue weighted by Gasteiger charge is 2.18. The van der Waals surface area contributed by atoms with E-state index in [9.17, 15) is 9.90 Å². The van der Waals surface area contributed by atoms with E-state index in [-0.39, 0.29) is 6.42 Å². The van der Waals surface area contributed by atoms with Crippen LogP contribution in [0.5, 0.6) is 0 Å². The van der Waals surface area contributed by atoms with Crippen LogP contribution < -0.4 is 5.11 Å². The number of oxazole rings is 1. The van der Waals surface area contributed by atoms with Crippen molar-refractivity contribution in [2.75, 3.05) is 0 Å². The predicted octanol–water partition coefficient (Wildman–Crippen LogP) is 3.76. The number of furan rings is 1. The molecule has 4 rings (SSSR count). The van der Waals surface area contributed by atoms with Gasteiger partial charge in [-0.15, -0.1) is 11.3 Å². The van der Waals surface area contributed by atoms with Gasteiger partial charge in [-0.1, -0.05) is 11.6 Å². The lowest BCUT2D eigenvalue weighted by Gasteiger charge is -1.99. The van der Waals surface area contributed by atoms with Crippen LogP contribution >= 0.6 is 22.9 Å². The maximum atomic E-state index is 11.0. The van der Waals surface area contributed by atoms with E-state index in [1.807, 2.05) is 24.3 Å². The van der Waals surface area contributed by atoms with Crippen LogP contribution in [0.2, 0.25) is 4.34 Å². The SMILES string of the molecule is O=C([O-])Cc1nc(-c2ccc3occc3c2)oc1-c1csc(Cl)c1. The van der Waals surface area contributed by atoms with E-state index in [1.165, 1.54) is 11.3 Å². The normalized spacial score (nSPS) is 11.2. The zero-order valence-corrected chi connectivity index (χ0v) is 13.7. The summed E-state index contributed by atoms with van der Waals surface area (Å²) < 4.78 is 11.7. The van der Waals surface area contributed by atoms with Gasteiger partial charge in [0, 0.05) is 34.3 Å². The highest BCUT2D eigenvalue weighted by molar-refractivity contribution is 7.14. The number of benzene rings is 1. The summed E-state index contributed by atoms with van der Waals surface area (Å²) in [5, 5.41) is 13.7. The number of carbonyl (C=O) groups is 1. The van der Waals surface area contributed by atoms with Gasteiger partial charge in [0.1, 0.15) is 5.58 Å². The molecule has 0 amide bonds. The van der Waals surface area contributed by atoms with Crippen molar-refractivity contribution in [1.29, 1.82) is 0 Å². The average Bonchev–Trinajstić information content (AvgIpc) is 3.24. The fourth-order valence-corrected chi connectivity index (χ4v) is 3.35. The second-order valence-corrected chi connectivity index (χ2v) is 6.70. The Hall–Kier alpha value is -2.57. The molecular formula is C17H9ClNO4S-. The van der Waals surface area contributed by atoms with Crippen LogP contribution in [0.15, 0.2) is 50.8 Å². The third-order valence-electron chi connectivity index (χ3n) is 3.54. The number of carboxylic acid groups (broad SMARTS) is 1. The van der Waals surface area contributed by atoms with Gasteiger partial charge in [0.25, 0.3) is 0 Å².